The van der Waals surface area contributed by atoms with Gasteiger partial charge in [-0.15, -0.1) is 11.3 Å². The van der Waals surface area contributed by atoms with Crippen molar-refractivity contribution in [3.8, 4) is 28.1 Å². The van der Waals surface area contributed by atoms with Crippen LogP contribution in [0.25, 0.3) is 32.6 Å². The number of carbonyl (C=O) groups is 2. The van der Waals surface area contributed by atoms with E-state index in [0.717, 1.165) is 39.2 Å². The van der Waals surface area contributed by atoms with Crippen molar-refractivity contribution in [2.24, 2.45) is 0 Å². The Balaban J connectivity index is 1.23. The number of urea groups is 1. The third-order valence-electron chi connectivity index (χ3n) is 7.38. The quantitative estimate of drug-likeness (QED) is 0.209. The number of hydrogen-bond donors (Lipinski definition) is 2. The van der Waals surface area contributed by atoms with Crippen LogP contribution in [-0.2, 0) is 4.74 Å². The minimum absolute atomic E-state index is 0.161. The van der Waals surface area contributed by atoms with Gasteiger partial charge < -0.3 is 25.4 Å². The van der Waals surface area contributed by atoms with Crippen LogP contribution in [0.2, 0.25) is 0 Å². The molecule has 1 fully saturated rings. The molecule has 0 saturated carbocycles. The zero-order valence-corrected chi connectivity index (χ0v) is 23.9. The Morgan fingerprint density at radius 1 is 0.929 bits per heavy atom. The molecule has 6 rings (SSSR count). The third kappa shape index (κ3) is 5.64. The van der Waals surface area contributed by atoms with Gasteiger partial charge >= 0.3 is 12.0 Å². The number of amides is 2. The Bertz CT molecular complexity index is 1710. The van der Waals surface area contributed by atoms with Gasteiger partial charge in [0, 0.05) is 42.6 Å². The molecule has 1 saturated heterocycles. The Kier molecular flexibility index (Phi) is 7.74. The molecular weight excluding hydrogens is 548 g/mol. The number of carbonyl (C=O) groups excluding carboxylic acids is 2. The molecule has 0 bridgehead atoms. The number of pyridine rings is 1. The summed E-state index contributed by atoms with van der Waals surface area (Å²) < 4.78 is 11.3. The van der Waals surface area contributed by atoms with Crippen molar-refractivity contribution < 1.29 is 19.1 Å². The molecule has 0 atom stereocenters. The minimum atomic E-state index is -0.468. The normalized spacial score (nSPS) is 13.6. The van der Waals surface area contributed by atoms with Crippen molar-refractivity contribution in [1.82, 2.24) is 9.88 Å². The van der Waals surface area contributed by atoms with Crippen molar-refractivity contribution >= 4 is 44.9 Å². The molecule has 1 aliphatic rings. The van der Waals surface area contributed by atoms with Crippen LogP contribution in [0.1, 0.15) is 22.5 Å². The van der Waals surface area contributed by atoms with Gasteiger partial charge in [-0.25, -0.2) is 14.6 Å². The molecule has 0 spiro atoms. The van der Waals surface area contributed by atoms with Gasteiger partial charge in [0.05, 0.1) is 18.5 Å². The lowest BCUT2D eigenvalue weighted by Crippen LogP contribution is -2.43. The number of nitrogen functional groups attached to an aromatic ring is 1. The fourth-order valence-corrected chi connectivity index (χ4v) is 6.14. The summed E-state index contributed by atoms with van der Waals surface area (Å²) in [4.78, 5) is 33.7. The fourth-order valence-electron chi connectivity index (χ4n) is 5.13. The summed E-state index contributed by atoms with van der Waals surface area (Å²) in [5.74, 6) is 0.281. The maximum atomic E-state index is 13.4. The molecule has 2 aromatic heterocycles. The van der Waals surface area contributed by atoms with Crippen LogP contribution in [0.15, 0.2) is 91.0 Å². The van der Waals surface area contributed by atoms with E-state index in [1.165, 1.54) is 11.3 Å². The lowest BCUT2D eigenvalue weighted by Gasteiger charge is -2.31. The van der Waals surface area contributed by atoms with Crippen LogP contribution in [0.4, 0.5) is 16.2 Å². The molecule has 3 heterocycles. The Morgan fingerprint density at radius 2 is 1.60 bits per heavy atom. The zero-order valence-electron chi connectivity index (χ0n) is 23.1. The summed E-state index contributed by atoms with van der Waals surface area (Å²) >= 11 is 1.24. The number of rotatable bonds is 6. The number of hydrogen-bond acceptors (Lipinski definition) is 7. The lowest BCUT2D eigenvalue weighted by molar-refractivity contribution is 0.0164. The van der Waals surface area contributed by atoms with Crippen molar-refractivity contribution in [2.45, 2.75) is 18.9 Å². The molecule has 2 amide bonds. The molecule has 3 aromatic carbocycles. The maximum absolute atomic E-state index is 13.4. The summed E-state index contributed by atoms with van der Waals surface area (Å²) in [6.45, 7) is 0.976. The SMILES string of the molecule is COc1ccc(-c2cc(-c3ccccc3)nc3sc(C(=O)OC4CCN(C(=O)Nc5ccccc5)CC4)c(N)c23)cc1. The van der Waals surface area contributed by atoms with E-state index >= 15 is 0 Å². The largest absolute Gasteiger partial charge is 0.497 e. The van der Waals surface area contributed by atoms with Crippen LogP contribution in [0, 0.1) is 0 Å². The molecule has 0 unspecified atom stereocenters. The number of nitrogens with one attached hydrogen (secondary N) is 1. The van der Waals surface area contributed by atoms with Crippen molar-refractivity contribution in [3.05, 3.63) is 95.9 Å². The second kappa shape index (κ2) is 11.9. The summed E-state index contributed by atoms with van der Waals surface area (Å²) in [5.41, 5.74) is 11.3. The number of likely N-dealkylation sites (tertiary alicyclic amines) is 1. The standard InChI is InChI=1S/C33H30N4O4S/c1-40-24-14-12-21(13-15-24)26-20-27(22-8-4-2-5-9-22)36-31-28(26)29(34)30(42-31)32(38)41-25-16-18-37(19-17-25)33(39)35-23-10-6-3-7-11-23/h2-15,20,25H,16-19,34H2,1H3,(H,35,39). The smallest absolute Gasteiger partial charge is 0.350 e. The number of para-hydroxylation sites is 1. The van der Waals surface area contributed by atoms with Gasteiger partial charge in [0.2, 0.25) is 0 Å². The monoisotopic (exact) mass is 578 g/mol. The number of aromatic nitrogens is 1. The number of nitrogens with zero attached hydrogens (tertiary/aromatic N) is 2. The van der Waals surface area contributed by atoms with Gasteiger partial charge in [0.15, 0.2) is 0 Å². The summed E-state index contributed by atoms with van der Waals surface area (Å²) in [5, 5.41) is 3.63. The average Bonchev–Trinajstić information content (AvgIpc) is 3.38. The molecular formula is C33H30N4O4S. The molecule has 42 heavy (non-hydrogen) atoms. The van der Waals surface area contributed by atoms with Gasteiger partial charge in [-0.3, -0.25) is 0 Å². The predicted molar refractivity (Wildman–Crippen MR) is 167 cm³/mol. The highest BCUT2D eigenvalue weighted by Gasteiger charge is 2.28. The minimum Gasteiger partial charge on any atom is -0.497 e. The first-order chi connectivity index (χ1) is 20.5. The third-order valence-corrected chi connectivity index (χ3v) is 8.46. The molecule has 8 nitrogen and oxygen atoms in total. The number of benzene rings is 3. The average molecular weight is 579 g/mol. The molecule has 1 aliphatic heterocycles. The Morgan fingerprint density at radius 3 is 2.26 bits per heavy atom. The van der Waals surface area contributed by atoms with E-state index in [1.54, 1.807) is 12.0 Å². The molecule has 9 heteroatoms. The summed E-state index contributed by atoms with van der Waals surface area (Å²) in [6.07, 6.45) is 0.787. The fraction of sp³-hybridized carbons (Fsp3) is 0.182. The second-order valence-corrected chi connectivity index (χ2v) is 11.1. The van der Waals surface area contributed by atoms with Gasteiger partial charge in [0.25, 0.3) is 0 Å². The molecule has 0 radical (unpaired) electrons. The van der Waals surface area contributed by atoms with Gasteiger partial charge in [0.1, 0.15) is 21.6 Å². The van der Waals surface area contributed by atoms with E-state index in [1.807, 2.05) is 91.0 Å². The highest BCUT2D eigenvalue weighted by atomic mass is 32.1. The number of anilines is 2. The highest BCUT2D eigenvalue weighted by Crippen LogP contribution is 2.42. The van der Waals surface area contributed by atoms with E-state index in [0.29, 0.717) is 41.3 Å². The van der Waals surface area contributed by atoms with E-state index in [-0.39, 0.29) is 12.1 Å². The highest BCUT2D eigenvalue weighted by molar-refractivity contribution is 7.21. The number of ether oxygens (including phenoxy) is 2. The number of fused-ring (bicyclic) bond motifs is 1. The van der Waals surface area contributed by atoms with Gasteiger partial charge in [-0.1, -0.05) is 60.7 Å². The first-order valence-electron chi connectivity index (χ1n) is 13.7. The molecule has 5 aromatic rings. The lowest BCUT2D eigenvalue weighted by atomic mass is 9.99. The Hall–Kier alpha value is -4.89. The predicted octanol–water partition coefficient (Wildman–Crippen LogP) is 7.07. The topological polar surface area (TPSA) is 107 Å². The number of thiophene rings is 1. The van der Waals surface area contributed by atoms with Crippen LogP contribution in [0.5, 0.6) is 5.75 Å². The van der Waals surface area contributed by atoms with Gasteiger partial charge in [-0.2, -0.15) is 0 Å². The molecule has 0 aliphatic carbocycles. The second-order valence-electron chi connectivity index (χ2n) is 10.1. The first-order valence-corrected chi connectivity index (χ1v) is 14.6. The first kappa shape index (κ1) is 27.3. The zero-order chi connectivity index (χ0) is 29.1. The van der Waals surface area contributed by atoms with E-state index < -0.39 is 5.97 Å². The molecule has 212 valence electrons. The maximum Gasteiger partial charge on any atom is 0.350 e. The number of nitrogens with two attached hydrogens (primary N) is 1. The number of piperidine rings is 1. The number of esters is 1. The van der Waals surface area contributed by atoms with E-state index in [4.69, 9.17) is 20.2 Å². The van der Waals surface area contributed by atoms with Crippen molar-refractivity contribution in [1.29, 1.82) is 0 Å². The summed E-state index contributed by atoms with van der Waals surface area (Å²) in [6, 6.07) is 28.8. The van der Waals surface area contributed by atoms with Crippen LogP contribution < -0.4 is 15.8 Å². The van der Waals surface area contributed by atoms with E-state index in [2.05, 4.69) is 5.32 Å². The summed E-state index contributed by atoms with van der Waals surface area (Å²) in [7, 11) is 1.63. The van der Waals surface area contributed by atoms with Crippen LogP contribution >= 0.6 is 11.3 Å². The van der Waals surface area contributed by atoms with Crippen LogP contribution in [0.3, 0.4) is 0 Å². The van der Waals surface area contributed by atoms with Crippen LogP contribution in [-0.4, -0.2) is 48.2 Å². The van der Waals surface area contributed by atoms with Crippen molar-refractivity contribution in [3.63, 3.8) is 0 Å². The van der Waals surface area contributed by atoms with Gasteiger partial charge in [-0.05, 0) is 41.5 Å². The Labute approximate surface area is 247 Å². The van der Waals surface area contributed by atoms with E-state index in [9.17, 15) is 9.59 Å². The molecule has 3 N–H and O–H groups in total. The van der Waals surface area contributed by atoms with Crippen molar-refractivity contribution in [2.75, 3.05) is 31.2 Å². The number of methoxy groups -OCH3 is 1.